The van der Waals surface area contributed by atoms with Crippen molar-refractivity contribution in [3.63, 3.8) is 0 Å². The van der Waals surface area contributed by atoms with Crippen molar-refractivity contribution < 1.29 is 28.7 Å². The highest BCUT2D eigenvalue weighted by molar-refractivity contribution is 9.10. The summed E-state index contributed by atoms with van der Waals surface area (Å²) in [6.07, 6.45) is 2.56. The Bertz CT molecular complexity index is 1900. The lowest BCUT2D eigenvalue weighted by atomic mass is 9.87. The Morgan fingerprint density at radius 2 is 1.82 bits per heavy atom. The molecule has 1 aromatic heterocycles. The average Bonchev–Trinajstić information content (AvgIpc) is 3.34. The fourth-order valence-corrected chi connectivity index (χ4v) is 7.09. The number of nitrogens with zero attached hydrogens (tertiary/aromatic N) is 5. The lowest BCUT2D eigenvalue weighted by molar-refractivity contribution is -0.136. The van der Waals surface area contributed by atoms with Gasteiger partial charge in [0.25, 0.3) is 23.3 Å². The number of carbonyl (C=O) groups excluding carboxylic acids is 5. The van der Waals surface area contributed by atoms with Crippen LogP contribution in [0.15, 0.2) is 57.9 Å². The van der Waals surface area contributed by atoms with Crippen molar-refractivity contribution in [3.05, 3.63) is 85.7 Å². The van der Waals surface area contributed by atoms with Crippen LogP contribution in [0.25, 0.3) is 0 Å². The van der Waals surface area contributed by atoms with Gasteiger partial charge in [-0.3, -0.25) is 39.0 Å². The van der Waals surface area contributed by atoms with E-state index < -0.39 is 29.7 Å². The highest BCUT2D eigenvalue weighted by Gasteiger charge is 2.46. The fraction of sp³-hybridized carbons (Fsp3) is 0.382. The number of aryl methyl sites for hydroxylation is 1. The molecule has 0 saturated carbocycles. The van der Waals surface area contributed by atoms with Gasteiger partial charge in [-0.25, -0.2) is 4.68 Å². The summed E-state index contributed by atoms with van der Waals surface area (Å²) in [5, 5.41) is 9.77. The van der Waals surface area contributed by atoms with Gasteiger partial charge < -0.3 is 19.9 Å². The highest BCUT2D eigenvalue weighted by Crippen LogP contribution is 2.34. The lowest BCUT2D eigenvalue weighted by Crippen LogP contribution is -2.54. The third-order valence-corrected chi connectivity index (χ3v) is 9.93. The van der Waals surface area contributed by atoms with Crippen LogP contribution < -0.4 is 20.9 Å². The molecule has 256 valence electrons. The van der Waals surface area contributed by atoms with Crippen LogP contribution in [-0.2, 0) is 16.6 Å². The average molecular weight is 735 g/mol. The number of aromatic nitrogens is 2. The van der Waals surface area contributed by atoms with Gasteiger partial charge in [0, 0.05) is 45.2 Å². The van der Waals surface area contributed by atoms with Crippen molar-refractivity contribution in [1.29, 1.82) is 0 Å². The number of hydrogen-bond acceptors (Lipinski definition) is 10. The maximum atomic E-state index is 13.3. The molecule has 2 N–H and O–H groups in total. The van der Waals surface area contributed by atoms with Gasteiger partial charge in [0.1, 0.15) is 22.9 Å². The van der Waals surface area contributed by atoms with Crippen LogP contribution in [0.1, 0.15) is 61.8 Å². The Balaban J connectivity index is 1.05. The number of fused-ring (bicyclic) bond motifs is 1. The standard InChI is InChI=1S/C34H36BrN7O7/c1-39-17-21(15-22(18-39)37-24-16-36-41(3)34(48)29(24)35)19-7-9-20(10-8-19)31(45)40(2)13-14-49-26-6-4-5-23-28(26)33(47)42(32(23)46)25-11-12-27(43)38-30(25)44/h4-10,16,21-22,25,37H,11-15,17-18H2,1-3H3,(H,38,43,44)/t21-,22+,25?/m0/s1. The van der Waals surface area contributed by atoms with E-state index in [1.807, 2.05) is 24.3 Å². The maximum absolute atomic E-state index is 13.3. The molecule has 0 radical (unpaired) electrons. The molecule has 3 aliphatic rings. The minimum atomic E-state index is -1.07. The SMILES string of the molecule is CN1C[C@H](Nc2cnn(C)c(=O)c2Br)C[C@H](c2ccc(C(=O)N(C)CCOc3cccc4c3C(=O)N(C3CCC(=O)NC3=O)C4=O)cc2)C1. The molecule has 0 bridgehead atoms. The van der Waals surface area contributed by atoms with Gasteiger partial charge in [-0.1, -0.05) is 18.2 Å². The van der Waals surface area contributed by atoms with E-state index in [0.717, 1.165) is 30.0 Å². The van der Waals surface area contributed by atoms with E-state index in [2.05, 4.69) is 43.6 Å². The van der Waals surface area contributed by atoms with Gasteiger partial charge in [-0.15, -0.1) is 0 Å². The van der Waals surface area contributed by atoms with E-state index in [1.165, 1.54) is 15.6 Å². The molecule has 4 heterocycles. The van der Waals surface area contributed by atoms with E-state index in [4.69, 9.17) is 4.74 Å². The molecule has 2 fully saturated rings. The van der Waals surface area contributed by atoms with Gasteiger partial charge in [-0.05, 0) is 71.6 Å². The van der Waals surface area contributed by atoms with Crippen LogP contribution in [0, 0.1) is 0 Å². The first-order chi connectivity index (χ1) is 23.4. The van der Waals surface area contributed by atoms with E-state index >= 15 is 0 Å². The predicted octanol–water partition coefficient (Wildman–Crippen LogP) is 1.99. The van der Waals surface area contributed by atoms with E-state index in [-0.39, 0.29) is 66.3 Å². The first kappa shape index (κ1) is 34.0. The number of hydrogen-bond donors (Lipinski definition) is 2. The quantitative estimate of drug-likeness (QED) is 0.311. The molecule has 0 aliphatic carbocycles. The molecule has 2 aromatic carbocycles. The number of likely N-dealkylation sites (N-methyl/N-ethyl adjacent to an activating group) is 2. The second kappa shape index (κ2) is 13.9. The largest absolute Gasteiger partial charge is 0.491 e. The summed E-state index contributed by atoms with van der Waals surface area (Å²) in [6, 6.07) is 11.2. The molecule has 5 amide bonds. The molecule has 15 heteroatoms. The number of imide groups is 2. The van der Waals surface area contributed by atoms with Crippen molar-refractivity contribution in [2.45, 2.75) is 37.3 Å². The Morgan fingerprint density at radius 1 is 1.06 bits per heavy atom. The number of anilines is 1. The zero-order chi connectivity index (χ0) is 35.0. The molecule has 1 unspecified atom stereocenters. The van der Waals surface area contributed by atoms with Gasteiger partial charge in [-0.2, -0.15) is 5.10 Å². The molecule has 3 aliphatic heterocycles. The van der Waals surface area contributed by atoms with Crippen molar-refractivity contribution in [2.75, 3.05) is 45.7 Å². The first-order valence-corrected chi connectivity index (χ1v) is 16.7. The fourth-order valence-electron chi connectivity index (χ4n) is 6.61. The van der Waals surface area contributed by atoms with Crippen LogP contribution in [-0.4, -0.2) is 106 Å². The Morgan fingerprint density at radius 3 is 2.55 bits per heavy atom. The van der Waals surface area contributed by atoms with Crippen molar-refractivity contribution in [1.82, 2.24) is 29.8 Å². The number of carbonyl (C=O) groups is 5. The molecule has 14 nitrogen and oxygen atoms in total. The number of amides is 5. The Hall–Kier alpha value is -4.89. The summed E-state index contributed by atoms with van der Waals surface area (Å²) >= 11 is 3.39. The monoisotopic (exact) mass is 733 g/mol. The molecule has 0 spiro atoms. The van der Waals surface area contributed by atoms with Crippen LogP contribution in [0.4, 0.5) is 5.69 Å². The molecule has 6 rings (SSSR count). The number of likely N-dealkylation sites (tertiary alicyclic amines) is 1. The van der Waals surface area contributed by atoms with Gasteiger partial charge in [0.05, 0.1) is 29.6 Å². The molecular formula is C34H36BrN7O7. The third-order valence-electron chi connectivity index (χ3n) is 9.16. The van der Waals surface area contributed by atoms with Crippen LogP contribution in [0.2, 0.25) is 0 Å². The minimum Gasteiger partial charge on any atom is -0.491 e. The summed E-state index contributed by atoms with van der Waals surface area (Å²) < 4.78 is 7.62. The normalized spacial score (nSPS) is 21.0. The third kappa shape index (κ3) is 6.85. The highest BCUT2D eigenvalue weighted by atomic mass is 79.9. The number of halogens is 1. The summed E-state index contributed by atoms with van der Waals surface area (Å²) in [4.78, 5) is 80.6. The maximum Gasteiger partial charge on any atom is 0.282 e. The first-order valence-electron chi connectivity index (χ1n) is 15.9. The summed E-state index contributed by atoms with van der Waals surface area (Å²) in [6.45, 7) is 1.91. The van der Waals surface area contributed by atoms with Gasteiger partial charge in [0.2, 0.25) is 11.8 Å². The van der Waals surface area contributed by atoms with Gasteiger partial charge in [0.15, 0.2) is 0 Å². The topological polar surface area (TPSA) is 163 Å². The van der Waals surface area contributed by atoms with Crippen LogP contribution in [0.5, 0.6) is 5.75 Å². The summed E-state index contributed by atoms with van der Waals surface area (Å²) in [5.41, 5.74) is 2.24. The Kier molecular flexibility index (Phi) is 9.65. The number of rotatable bonds is 9. The second-order valence-corrected chi connectivity index (χ2v) is 13.4. The van der Waals surface area contributed by atoms with E-state index in [0.29, 0.717) is 15.7 Å². The molecule has 49 heavy (non-hydrogen) atoms. The lowest BCUT2D eigenvalue weighted by Gasteiger charge is -2.37. The number of benzene rings is 2. The molecule has 3 aromatic rings. The molecule has 2 saturated heterocycles. The zero-order valence-corrected chi connectivity index (χ0v) is 28.9. The predicted molar refractivity (Wildman–Crippen MR) is 181 cm³/mol. The second-order valence-electron chi connectivity index (χ2n) is 12.6. The van der Waals surface area contributed by atoms with Crippen LogP contribution >= 0.6 is 15.9 Å². The van der Waals surface area contributed by atoms with Crippen molar-refractivity contribution in [2.24, 2.45) is 7.05 Å². The van der Waals surface area contributed by atoms with Crippen LogP contribution in [0.3, 0.4) is 0 Å². The summed E-state index contributed by atoms with van der Waals surface area (Å²) in [5.74, 6) is -2.21. The van der Waals surface area contributed by atoms with Crippen molar-refractivity contribution >= 4 is 51.2 Å². The number of piperidine rings is 2. The number of nitrogens with one attached hydrogen (secondary N) is 2. The van der Waals surface area contributed by atoms with Crippen molar-refractivity contribution in [3.8, 4) is 5.75 Å². The van der Waals surface area contributed by atoms with E-state index in [1.54, 1.807) is 32.4 Å². The summed E-state index contributed by atoms with van der Waals surface area (Å²) in [7, 11) is 5.31. The Labute approximate surface area is 290 Å². The van der Waals surface area contributed by atoms with E-state index in [9.17, 15) is 28.8 Å². The van der Waals surface area contributed by atoms with Gasteiger partial charge >= 0.3 is 0 Å². The molecular weight excluding hydrogens is 698 g/mol. The minimum absolute atomic E-state index is 0.0293. The number of ether oxygens (including phenoxy) is 1. The molecule has 3 atom stereocenters. The smallest absolute Gasteiger partial charge is 0.282 e. The zero-order valence-electron chi connectivity index (χ0n) is 27.3.